The fourth-order valence-corrected chi connectivity index (χ4v) is 3.34. The Morgan fingerprint density at radius 1 is 0.704 bits per heavy atom. The fourth-order valence-electron chi connectivity index (χ4n) is 3.34. The van der Waals surface area contributed by atoms with Crippen LogP contribution in [0.4, 0.5) is 0 Å². The Bertz CT molecular complexity index is 501. The number of aryl methyl sites for hydroxylation is 4. The molecule has 0 aliphatic carbocycles. The van der Waals surface area contributed by atoms with Gasteiger partial charge in [-0.3, -0.25) is 0 Å². The monoisotopic (exact) mass is 410 g/mol. The Morgan fingerprint density at radius 3 is 1.96 bits per heavy atom. The van der Waals surface area contributed by atoms with Gasteiger partial charge < -0.3 is 0 Å². The van der Waals surface area contributed by atoms with E-state index in [1.165, 1.54) is 88.2 Å². The zero-order valence-electron chi connectivity index (χ0n) is 18.3. The van der Waals surface area contributed by atoms with Gasteiger partial charge in [0, 0.05) is 0 Å². The smallest absolute Gasteiger partial charge is 0.210 e. The molecule has 0 fully saturated rings. The second kappa shape index (κ2) is 17.3. The zero-order chi connectivity index (χ0) is 19.0. The molecule has 0 aromatic heterocycles. The Balaban J connectivity index is 0.000000483. The quantitative estimate of drug-likeness (QED) is 0.244. The average molecular weight is 410 g/mol. The predicted octanol–water partition coefficient (Wildman–Crippen LogP) is 8.18. The molecule has 0 aliphatic heterocycles. The van der Waals surface area contributed by atoms with Crippen LogP contribution in [-0.2, 0) is 42.8 Å². The predicted molar refractivity (Wildman–Crippen MR) is 119 cm³/mol. The maximum atomic E-state index is 2.38. The molecule has 0 radical (unpaired) electrons. The van der Waals surface area contributed by atoms with Crippen LogP contribution < -0.4 is 0 Å². The van der Waals surface area contributed by atoms with Crippen LogP contribution in [0.1, 0.15) is 101 Å². The molecule has 0 spiro atoms. The Labute approximate surface area is 180 Å². The molecule has 0 amide bonds. The van der Waals surface area contributed by atoms with Crippen molar-refractivity contribution in [1.29, 1.82) is 0 Å². The van der Waals surface area contributed by atoms with Gasteiger partial charge in [-0.2, -0.15) is 46.5 Å². The topological polar surface area (TPSA) is 0 Å². The summed E-state index contributed by atoms with van der Waals surface area (Å²) < 4.78 is 0. The van der Waals surface area contributed by atoms with E-state index >= 15 is 0 Å². The van der Waals surface area contributed by atoms with Crippen molar-refractivity contribution in [3.63, 3.8) is 0 Å². The first-order valence-electron chi connectivity index (χ1n) is 11.2. The van der Waals surface area contributed by atoms with E-state index < -0.39 is 0 Å². The Morgan fingerprint density at radius 2 is 1.30 bits per heavy atom. The number of unbranched alkanes of at least 4 members (excludes halogenated alkanes) is 4. The molecule has 0 saturated heterocycles. The van der Waals surface area contributed by atoms with Crippen LogP contribution in [0.2, 0.25) is 0 Å². The van der Waals surface area contributed by atoms with Crippen LogP contribution in [-0.4, -0.2) is 0 Å². The molecule has 0 N–H and O–H groups in total. The standard InChI is InChI=1S/2C13H21.Fe/c1-3-5-8-12-10-7-11-13(12)9-6-4-2;1-3-5-7-12-9-10-13(11-12)8-6-4-2;/h7,10-11H,3-6,8-9H2,1-2H3;9-11H,3-8H2,1-2H3;/q2*-1;+2. The van der Waals surface area contributed by atoms with Crippen molar-refractivity contribution < 1.29 is 17.1 Å². The number of hydrogen-bond acceptors (Lipinski definition) is 0. The van der Waals surface area contributed by atoms with Gasteiger partial charge in [0.15, 0.2) is 0 Å². The normalized spacial score (nSPS) is 10.2. The summed E-state index contributed by atoms with van der Waals surface area (Å²) in [7, 11) is 0. The van der Waals surface area contributed by atoms with Gasteiger partial charge in [0.25, 0.3) is 0 Å². The first-order valence-corrected chi connectivity index (χ1v) is 11.2. The molecule has 0 atom stereocenters. The molecule has 0 unspecified atom stereocenters. The molecule has 154 valence electrons. The molecule has 2 aromatic carbocycles. The van der Waals surface area contributed by atoms with Crippen LogP contribution in [0.3, 0.4) is 0 Å². The summed E-state index contributed by atoms with van der Waals surface area (Å²) in [6.45, 7) is 9.02. The van der Waals surface area contributed by atoms with Crippen LogP contribution in [0.15, 0.2) is 36.4 Å². The van der Waals surface area contributed by atoms with E-state index in [0.717, 1.165) is 0 Å². The first-order chi connectivity index (χ1) is 12.7. The molecule has 27 heavy (non-hydrogen) atoms. The van der Waals surface area contributed by atoms with Gasteiger partial charge in [-0.05, 0) is 0 Å². The van der Waals surface area contributed by atoms with E-state index in [2.05, 4.69) is 64.1 Å². The van der Waals surface area contributed by atoms with Crippen molar-refractivity contribution in [2.45, 2.75) is 105 Å². The number of rotatable bonds is 12. The average Bonchev–Trinajstić information content (AvgIpc) is 3.30. The zero-order valence-corrected chi connectivity index (χ0v) is 19.4. The molecule has 2 aromatic rings. The van der Waals surface area contributed by atoms with Gasteiger partial charge in [-0.25, -0.2) is 12.1 Å². The summed E-state index contributed by atoms with van der Waals surface area (Å²) in [4.78, 5) is 0. The van der Waals surface area contributed by atoms with Crippen molar-refractivity contribution in [2.75, 3.05) is 0 Å². The van der Waals surface area contributed by atoms with E-state index in [9.17, 15) is 0 Å². The third-order valence-corrected chi connectivity index (χ3v) is 5.13. The van der Waals surface area contributed by atoms with Crippen LogP contribution in [0.25, 0.3) is 0 Å². The fraction of sp³-hybridized carbons (Fsp3) is 0.615. The summed E-state index contributed by atoms with van der Waals surface area (Å²) in [5.41, 5.74) is 6.26. The van der Waals surface area contributed by atoms with E-state index in [0.29, 0.717) is 0 Å². The largest absolute Gasteiger partial charge is 2.00 e. The van der Waals surface area contributed by atoms with Gasteiger partial charge in [-0.1, -0.05) is 105 Å². The molecule has 2 rings (SSSR count). The van der Waals surface area contributed by atoms with E-state index in [-0.39, 0.29) is 17.1 Å². The SMILES string of the molecule is CCCCc1c[cH-]c(CCCC)c1.CCCCc1cc[cH-]c1CCCC.[Fe+2]. The van der Waals surface area contributed by atoms with Crippen molar-refractivity contribution in [3.8, 4) is 0 Å². The minimum absolute atomic E-state index is 0. The second-order valence-electron chi connectivity index (χ2n) is 7.62. The van der Waals surface area contributed by atoms with Crippen molar-refractivity contribution in [2.24, 2.45) is 0 Å². The molecule has 0 bridgehead atoms. The van der Waals surface area contributed by atoms with Crippen molar-refractivity contribution in [1.82, 2.24) is 0 Å². The molecule has 0 saturated carbocycles. The van der Waals surface area contributed by atoms with Gasteiger partial charge in [-0.15, -0.1) is 0 Å². The number of hydrogen-bond donors (Lipinski definition) is 0. The summed E-state index contributed by atoms with van der Waals surface area (Å²) in [5, 5.41) is 0. The minimum atomic E-state index is 0. The molecule has 1 heteroatoms. The van der Waals surface area contributed by atoms with E-state index in [1.54, 1.807) is 11.1 Å². The Kier molecular flexibility index (Phi) is 16.8. The van der Waals surface area contributed by atoms with Crippen molar-refractivity contribution >= 4 is 0 Å². The maximum Gasteiger partial charge on any atom is 2.00 e. The molecule has 0 heterocycles. The van der Waals surface area contributed by atoms with Crippen LogP contribution in [0, 0.1) is 0 Å². The first kappa shape index (κ1) is 26.2. The van der Waals surface area contributed by atoms with Gasteiger partial charge >= 0.3 is 17.1 Å². The van der Waals surface area contributed by atoms with E-state index in [1.807, 2.05) is 0 Å². The molecule has 0 nitrogen and oxygen atoms in total. The third kappa shape index (κ3) is 11.6. The van der Waals surface area contributed by atoms with Gasteiger partial charge in [0.2, 0.25) is 0 Å². The summed E-state index contributed by atoms with van der Waals surface area (Å²) in [6.07, 6.45) is 15.6. The van der Waals surface area contributed by atoms with Crippen LogP contribution >= 0.6 is 0 Å². The van der Waals surface area contributed by atoms with Gasteiger partial charge in [0.1, 0.15) is 0 Å². The third-order valence-electron chi connectivity index (χ3n) is 5.13. The van der Waals surface area contributed by atoms with Gasteiger partial charge in [0.05, 0.1) is 0 Å². The van der Waals surface area contributed by atoms with Crippen LogP contribution in [0.5, 0.6) is 0 Å². The summed E-state index contributed by atoms with van der Waals surface area (Å²) in [6, 6.07) is 13.8. The molecular weight excluding hydrogens is 368 g/mol. The van der Waals surface area contributed by atoms with Crippen molar-refractivity contribution in [3.05, 3.63) is 58.7 Å². The summed E-state index contributed by atoms with van der Waals surface area (Å²) in [5.74, 6) is 0. The summed E-state index contributed by atoms with van der Waals surface area (Å²) >= 11 is 0. The Hall–Kier alpha value is -0.781. The second-order valence-corrected chi connectivity index (χ2v) is 7.62. The molecular formula is C26H42Fe. The molecule has 0 aliphatic rings. The minimum Gasteiger partial charge on any atom is -0.210 e. The maximum absolute atomic E-state index is 2.38. The van der Waals surface area contributed by atoms with E-state index in [4.69, 9.17) is 0 Å².